The first-order valence-corrected chi connectivity index (χ1v) is 11.2. The van der Waals surface area contributed by atoms with Crippen LogP contribution in [-0.2, 0) is 12.6 Å². The van der Waals surface area contributed by atoms with Crippen LogP contribution in [0.25, 0.3) is 10.8 Å². The maximum atomic E-state index is 13.1. The predicted octanol–water partition coefficient (Wildman–Crippen LogP) is 7.68. The Balaban J connectivity index is 1.59. The molecule has 1 nitrogen and oxygen atoms in total. The van der Waals surface area contributed by atoms with Gasteiger partial charge in [-0.1, -0.05) is 78.9 Å². The number of rotatable bonds is 7. The molecule has 0 fully saturated rings. The van der Waals surface area contributed by atoms with E-state index in [2.05, 4.69) is 66.2 Å². The van der Waals surface area contributed by atoms with Crippen molar-refractivity contribution in [2.45, 2.75) is 32.0 Å². The Kier molecular flexibility index (Phi) is 6.93. The highest BCUT2D eigenvalue weighted by molar-refractivity contribution is 5.86. The molecule has 168 valence electrons. The Bertz CT molecular complexity index is 1240. The van der Waals surface area contributed by atoms with Crippen LogP contribution in [0.4, 0.5) is 13.2 Å². The molecule has 4 heteroatoms. The van der Waals surface area contributed by atoms with Crippen LogP contribution in [0.5, 0.6) is 0 Å². The first-order chi connectivity index (χ1) is 15.9. The van der Waals surface area contributed by atoms with Crippen LogP contribution in [0.15, 0.2) is 97.1 Å². The van der Waals surface area contributed by atoms with Gasteiger partial charge in [0, 0.05) is 24.5 Å². The second-order valence-corrected chi connectivity index (χ2v) is 8.32. The van der Waals surface area contributed by atoms with Gasteiger partial charge in [0.05, 0.1) is 5.56 Å². The average molecular weight is 447 g/mol. The molecule has 0 saturated heterocycles. The molecule has 1 unspecified atom stereocenters. The van der Waals surface area contributed by atoms with E-state index in [9.17, 15) is 13.2 Å². The molecule has 33 heavy (non-hydrogen) atoms. The highest BCUT2D eigenvalue weighted by Gasteiger charge is 2.30. The molecule has 0 N–H and O–H groups in total. The van der Waals surface area contributed by atoms with Crippen molar-refractivity contribution in [3.05, 3.63) is 119 Å². The number of aryl methyl sites for hydroxylation is 1. The van der Waals surface area contributed by atoms with Crippen LogP contribution in [0.2, 0.25) is 0 Å². The van der Waals surface area contributed by atoms with Crippen molar-refractivity contribution in [3.8, 4) is 0 Å². The molecule has 0 heterocycles. The maximum absolute atomic E-state index is 13.1. The molecular weight excluding hydrogens is 419 g/mol. The van der Waals surface area contributed by atoms with E-state index in [1.54, 1.807) is 6.07 Å². The summed E-state index contributed by atoms with van der Waals surface area (Å²) in [6.45, 7) is 2.92. The van der Waals surface area contributed by atoms with Gasteiger partial charge in [0.15, 0.2) is 12.3 Å². The minimum atomic E-state index is -4.31. The highest BCUT2D eigenvalue weighted by atomic mass is 19.4. The number of fused-ring (bicyclic) bond motifs is 1. The van der Waals surface area contributed by atoms with Crippen molar-refractivity contribution < 1.29 is 17.7 Å². The maximum Gasteiger partial charge on any atom is 0.416 e. The number of hydrogen-bond acceptors (Lipinski definition) is 0. The molecule has 0 aliphatic rings. The molecule has 0 radical (unpaired) electrons. The van der Waals surface area contributed by atoms with Gasteiger partial charge in [-0.05, 0) is 41.0 Å². The molecule has 0 aliphatic heterocycles. The van der Waals surface area contributed by atoms with Crippen LogP contribution < -0.4 is 0 Å². The summed E-state index contributed by atoms with van der Waals surface area (Å²) in [6, 6.07) is 30.6. The van der Waals surface area contributed by atoms with E-state index in [-0.39, 0.29) is 6.04 Å². The topological polar surface area (TPSA) is 3.01 Å². The zero-order chi connectivity index (χ0) is 23.3. The quantitative estimate of drug-likeness (QED) is 0.202. The van der Waals surface area contributed by atoms with Gasteiger partial charge in [-0.2, -0.15) is 13.2 Å². The summed E-state index contributed by atoms with van der Waals surface area (Å²) in [5.41, 5.74) is 2.46. The van der Waals surface area contributed by atoms with Crippen LogP contribution in [0.3, 0.4) is 0 Å². The molecular formula is C29H27F3N+. The summed E-state index contributed by atoms with van der Waals surface area (Å²) in [7, 11) is 0. The Morgan fingerprint density at radius 2 is 1.52 bits per heavy atom. The average Bonchev–Trinajstić information content (AvgIpc) is 2.83. The van der Waals surface area contributed by atoms with E-state index >= 15 is 0 Å². The summed E-state index contributed by atoms with van der Waals surface area (Å²) < 4.78 is 41.5. The Morgan fingerprint density at radius 3 is 2.30 bits per heavy atom. The van der Waals surface area contributed by atoms with Crippen LogP contribution in [-0.4, -0.2) is 17.3 Å². The molecule has 0 amide bonds. The SMILES string of the molecule is CC(c1cccc2ccccc12)[N+](=Cc1ccccc1)CCCc1cccc(C(F)(F)F)c1. The fourth-order valence-corrected chi connectivity index (χ4v) is 4.26. The van der Waals surface area contributed by atoms with Gasteiger partial charge in [-0.3, -0.25) is 0 Å². The number of hydrogen-bond donors (Lipinski definition) is 0. The summed E-state index contributed by atoms with van der Waals surface area (Å²) in [5.74, 6) is 0. The summed E-state index contributed by atoms with van der Waals surface area (Å²) in [4.78, 5) is 0. The van der Waals surface area contributed by atoms with E-state index in [0.29, 0.717) is 12.0 Å². The largest absolute Gasteiger partial charge is 0.416 e. The molecule has 0 spiro atoms. The van der Waals surface area contributed by atoms with E-state index < -0.39 is 11.7 Å². The summed E-state index contributed by atoms with van der Waals surface area (Å²) in [6.07, 6.45) is -0.824. The number of benzene rings is 4. The molecule has 0 saturated carbocycles. The van der Waals surface area contributed by atoms with E-state index in [1.165, 1.54) is 28.5 Å². The lowest BCUT2D eigenvalue weighted by Crippen LogP contribution is -2.20. The number of nitrogens with zero attached hydrogens (tertiary/aromatic N) is 1. The third-order valence-electron chi connectivity index (χ3n) is 6.02. The van der Waals surface area contributed by atoms with Gasteiger partial charge >= 0.3 is 6.18 Å². The zero-order valence-electron chi connectivity index (χ0n) is 18.6. The van der Waals surface area contributed by atoms with Gasteiger partial charge in [-0.25, -0.2) is 4.58 Å². The zero-order valence-corrected chi connectivity index (χ0v) is 18.6. The Hall–Kier alpha value is -3.40. The lowest BCUT2D eigenvalue weighted by Gasteiger charge is -2.15. The second kappa shape index (κ2) is 10.0. The standard InChI is InChI=1S/C29H27F3N/c1-22(27-18-8-15-25-14-5-6-17-28(25)27)33(21-24-10-3-2-4-11-24)19-9-13-23-12-7-16-26(20-23)29(30,31)32/h2-8,10-12,14-18,20-22H,9,13,19H2,1H3/q+1. The molecule has 4 rings (SSSR count). The van der Waals surface area contributed by atoms with Crippen LogP contribution >= 0.6 is 0 Å². The van der Waals surface area contributed by atoms with Crippen LogP contribution in [0, 0.1) is 0 Å². The van der Waals surface area contributed by atoms with Crippen molar-refractivity contribution >= 4 is 17.0 Å². The third-order valence-corrected chi connectivity index (χ3v) is 6.02. The first kappa shape index (κ1) is 22.8. The number of halogens is 3. The van der Waals surface area contributed by atoms with Gasteiger partial charge in [-0.15, -0.1) is 0 Å². The molecule has 0 bridgehead atoms. The van der Waals surface area contributed by atoms with E-state index in [1.807, 2.05) is 24.3 Å². The third kappa shape index (κ3) is 5.70. The van der Waals surface area contributed by atoms with Crippen molar-refractivity contribution in [2.75, 3.05) is 6.54 Å². The van der Waals surface area contributed by atoms with Crippen molar-refractivity contribution in [1.82, 2.24) is 0 Å². The fourth-order valence-electron chi connectivity index (χ4n) is 4.26. The smallest absolute Gasteiger partial charge is 0.229 e. The van der Waals surface area contributed by atoms with Gasteiger partial charge < -0.3 is 0 Å². The highest BCUT2D eigenvalue weighted by Crippen LogP contribution is 2.30. The summed E-state index contributed by atoms with van der Waals surface area (Å²) in [5, 5.41) is 2.42. The van der Waals surface area contributed by atoms with Gasteiger partial charge in [0.2, 0.25) is 0 Å². The van der Waals surface area contributed by atoms with E-state index in [0.717, 1.165) is 24.6 Å². The molecule has 0 aliphatic carbocycles. The Morgan fingerprint density at radius 1 is 0.818 bits per heavy atom. The van der Waals surface area contributed by atoms with Gasteiger partial charge in [0.25, 0.3) is 0 Å². The predicted molar refractivity (Wildman–Crippen MR) is 129 cm³/mol. The molecule has 0 aromatic heterocycles. The monoisotopic (exact) mass is 446 g/mol. The molecule has 4 aromatic rings. The number of alkyl halides is 3. The normalized spacial score (nSPS) is 13.3. The van der Waals surface area contributed by atoms with E-state index in [4.69, 9.17) is 0 Å². The fraction of sp³-hybridized carbons (Fsp3) is 0.207. The lowest BCUT2D eigenvalue weighted by molar-refractivity contribution is -0.564. The molecule has 4 aromatic carbocycles. The minimum absolute atomic E-state index is 0.109. The van der Waals surface area contributed by atoms with Gasteiger partial charge in [0.1, 0.15) is 6.54 Å². The Labute approximate surface area is 192 Å². The van der Waals surface area contributed by atoms with Crippen LogP contribution in [0.1, 0.15) is 41.6 Å². The van der Waals surface area contributed by atoms with Crippen molar-refractivity contribution in [3.63, 3.8) is 0 Å². The van der Waals surface area contributed by atoms with Crippen molar-refractivity contribution in [2.24, 2.45) is 0 Å². The summed E-state index contributed by atoms with van der Waals surface area (Å²) >= 11 is 0. The molecule has 1 atom stereocenters. The first-order valence-electron chi connectivity index (χ1n) is 11.2. The van der Waals surface area contributed by atoms with Crippen molar-refractivity contribution in [1.29, 1.82) is 0 Å². The minimum Gasteiger partial charge on any atom is -0.229 e. The second-order valence-electron chi connectivity index (χ2n) is 8.32. The lowest BCUT2D eigenvalue weighted by atomic mass is 9.99.